The van der Waals surface area contributed by atoms with Crippen LogP contribution in [0.4, 0.5) is 5.69 Å². The summed E-state index contributed by atoms with van der Waals surface area (Å²) in [4.78, 5) is 2.31. The molecule has 0 saturated carbocycles. The SMILES string of the molecule is CCN(CC)CCOc1ccccc1NC(=S)N/N=C/c1ccccc1OC. The zero-order valence-electron chi connectivity index (χ0n) is 16.6. The Kier molecular flexibility index (Phi) is 9.24. The van der Waals surface area contributed by atoms with Crippen LogP contribution in [0.3, 0.4) is 0 Å². The molecule has 2 N–H and O–H groups in total. The number of anilines is 1. The van der Waals surface area contributed by atoms with Gasteiger partial charge in [-0.15, -0.1) is 0 Å². The van der Waals surface area contributed by atoms with Crippen LogP contribution in [0.5, 0.6) is 11.5 Å². The van der Waals surface area contributed by atoms with Crippen LogP contribution in [0.1, 0.15) is 19.4 Å². The van der Waals surface area contributed by atoms with E-state index in [4.69, 9.17) is 21.7 Å². The molecule has 28 heavy (non-hydrogen) atoms. The van der Waals surface area contributed by atoms with E-state index < -0.39 is 0 Å². The second-order valence-corrected chi connectivity index (χ2v) is 6.35. The van der Waals surface area contributed by atoms with Gasteiger partial charge in [-0.3, -0.25) is 5.43 Å². The molecule has 7 heteroatoms. The van der Waals surface area contributed by atoms with Gasteiger partial charge in [-0.05, 0) is 49.6 Å². The Morgan fingerprint density at radius 1 is 1.07 bits per heavy atom. The molecule has 150 valence electrons. The summed E-state index contributed by atoms with van der Waals surface area (Å²) in [7, 11) is 1.63. The van der Waals surface area contributed by atoms with Crippen molar-refractivity contribution < 1.29 is 9.47 Å². The fraction of sp³-hybridized carbons (Fsp3) is 0.333. The van der Waals surface area contributed by atoms with E-state index in [1.165, 1.54) is 0 Å². The summed E-state index contributed by atoms with van der Waals surface area (Å²) >= 11 is 5.33. The van der Waals surface area contributed by atoms with Gasteiger partial charge >= 0.3 is 0 Å². The number of benzene rings is 2. The van der Waals surface area contributed by atoms with Gasteiger partial charge in [0.15, 0.2) is 5.11 Å². The van der Waals surface area contributed by atoms with Crippen molar-refractivity contribution in [3.05, 3.63) is 54.1 Å². The van der Waals surface area contributed by atoms with Crippen LogP contribution in [0.25, 0.3) is 0 Å². The first kappa shape index (κ1) is 21.7. The summed E-state index contributed by atoms with van der Waals surface area (Å²) in [5.74, 6) is 1.51. The maximum Gasteiger partial charge on any atom is 0.191 e. The summed E-state index contributed by atoms with van der Waals surface area (Å²) in [5.41, 5.74) is 4.48. The minimum absolute atomic E-state index is 0.381. The molecule has 0 aliphatic rings. The first-order valence-electron chi connectivity index (χ1n) is 9.35. The largest absolute Gasteiger partial charge is 0.496 e. The molecule has 2 aromatic rings. The maximum absolute atomic E-state index is 5.93. The van der Waals surface area contributed by atoms with E-state index in [0.717, 1.165) is 42.4 Å². The van der Waals surface area contributed by atoms with Crippen LogP contribution in [-0.4, -0.2) is 49.6 Å². The lowest BCUT2D eigenvalue weighted by Gasteiger charge is -2.19. The van der Waals surface area contributed by atoms with Crippen LogP contribution in [0, 0.1) is 0 Å². The molecule has 0 aromatic heterocycles. The second kappa shape index (κ2) is 11.9. The van der Waals surface area contributed by atoms with Crippen LogP contribution in [0.2, 0.25) is 0 Å². The Bertz CT molecular complexity index is 779. The maximum atomic E-state index is 5.93. The fourth-order valence-electron chi connectivity index (χ4n) is 2.60. The second-order valence-electron chi connectivity index (χ2n) is 5.94. The molecule has 0 aliphatic heterocycles. The van der Waals surface area contributed by atoms with Crippen molar-refractivity contribution in [3.63, 3.8) is 0 Å². The van der Waals surface area contributed by atoms with Gasteiger partial charge in [-0.25, -0.2) is 0 Å². The van der Waals surface area contributed by atoms with Crippen molar-refractivity contribution in [2.24, 2.45) is 5.10 Å². The van der Waals surface area contributed by atoms with Crippen LogP contribution < -0.4 is 20.2 Å². The van der Waals surface area contributed by atoms with E-state index in [2.05, 4.69) is 34.6 Å². The standard InChI is InChI=1S/C21H28N4O2S/c1-4-25(5-2)14-15-27-20-13-9-7-11-18(20)23-21(28)24-22-16-17-10-6-8-12-19(17)26-3/h6-13,16H,4-5,14-15H2,1-3H3,(H2,23,24,28)/b22-16+. The number of hydrogen-bond acceptors (Lipinski definition) is 5. The normalized spacial score (nSPS) is 10.9. The van der Waals surface area contributed by atoms with E-state index in [1.54, 1.807) is 13.3 Å². The van der Waals surface area contributed by atoms with Crippen LogP contribution in [-0.2, 0) is 0 Å². The Morgan fingerprint density at radius 3 is 2.46 bits per heavy atom. The molecule has 2 aromatic carbocycles. The number of methoxy groups -OCH3 is 1. The molecule has 2 rings (SSSR count). The first-order valence-corrected chi connectivity index (χ1v) is 9.76. The Balaban J connectivity index is 1.90. The number of ether oxygens (including phenoxy) is 2. The van der Waals surface area contributed by atoms with E-state index in [1.807, 2.05) is 48.5 Å². The third-order valence-electron chi connectivity index (χ3n) is 4.20. The number of thiocarbonyl (C=S) groups is 1. The molecule has 0 heterocycles. The average Bonchev–Trinajstić information content (AvgIpc) is 2.72. The third kappa shape index (κ3) is 6.83. The van der Waals surface area contributed by atoms with E-state index in [-0.39, 0.29) is 0 Å². The minimum atomic E-state index is 0.381. The van der Waals surface area contributed by atoms with Gasteiger partial charge < -0.3 is 19.7 Å². The highest BCUT2D eigenvalue weighted by molar-refractivity contribution is 7.80. The summed E-state index contributed by atoms with van der Waals surface area (Å²) in [6.45, 7) is 7.82. The van der Waals surface area contributed by atoms with Crippen molar-refractivity contribution >= 4 is 29.2 Å². The zero-order valence-corrected chi connectivity index (χ0v) is 17.5. The lowest BCUT2D eigenvalue weighted by molar-refractivity contribution is 0.223. The summed E-state index contributed by atoms with van der Waals surface area (Å²) in [6.07, 6.45) is 1.67. The quantitative estimate of drug-likeness (QED) is 0.360. The third-order valence-corrected chi connectivity index (χ3v) is 4.40. The first-order chi connectivity index (χ1) is 13.7. The highest BCUT2D eigenvalue weighted by Gasteiger charge is 2.06. The number of rotatable bonds is 10. The number of nitrogens with one attached hydrogen (secondary N) is 2. The van der Waals surface area contributed by atoms with Crippen LogP contribution >= 0.6 is 12.2 Å². The van der Waals surface area contributed by atoms with Crippen molar-refractivity contribution in [1.82, 2.24) is 10.3 Å². The van der Waals surface area contributed by atoms with Gasteiger partial charge in [0.25, 0.3) is 0 Å². The molecule has 0 bridgehead atoms. The fourth-order valence-corrected chi connectivity index (χ4v) is 2.77. The smallest absolute Gasteiger partial charge is 0.191 e. The van der Waals surface area contributed by atoms with Crippen molar-refractivity contribution in [1.29, 1.82) is 0 Å². The van der Waals surface area contributed by atoms with Crippen LogP contribution in [0.15, 0.2) is 53.6 Å². The molecule has 0 atom stereocenters. The van der Waals surface area contributed by atoms with Crippen molar-refractivity contribution in [2.75, 3.05) is 38.7 Å². The van der Waals surface area contributed by atoms with Gasteiger partial charge in [-0.1, -0.05) is 38.1 Å². The number of likely N-dealkylation sites (N-methyl/N-ethyl adjacent to an activating group) is 1. The number of para-hydroxylation sites is 3. The Labute approximate surface area is 172 Å². The van der Waals surface area contributed by atoms with Gasteiger partial charge in [0.2, 0.25) is 0 Å². The average molecular weight is 401 g/mol. The Hall–Kier alpha value is -2.64. The van der Waals surface area contributed by atoms with E-state index in [0.29, 0.717) is 11.7 Å². The lowest BCUT2D eigenvalue weighted by Crippen LogP contribution is -2.28. The molecule has 0 fully saturated rings. The monoisotopic (exact) mass is 400 g/mol. The van der Waals surface area contributed by atoms with Gasteiger partial charge in [-0.2, -0.15) is 5.10 Å². The topological polar surface area (TPSA) is 58.1 Å². The predicted octanol–water partition coefficient (Wildman–Crippen LogP) is 3.74. The molecule has 0 aliphatic carbocycles. The molecule has 0 amide bonds. The molecular weight excluding hydrogens is 372 g/mol. The van der Waals surface area contributed by atoms with Gasteiger partial charge in [0.05, 0.1) is 19.0 Å². The zero-order chi connectivity index (χ0) is 20.2. The lowest BCUT2D eigenvalue weighted by atomic mass is 10.2. The molecule has 0 spiro atoms. The summed E-state index contributed by atoms with van der Waals surface area (Å²) in [5, 5.41) is 7.69. The minimum Gasteiger partial charge on any atom is -0.496 e. The number of hydrogen-bond donors (Lipinski definition) is 2. The van der Waals surface area contributed by atoms with Gasteiger partial charge in [0.1, 0.15) is 18.1 Å². The molecule has 0 saturated heterocycles. The highest BCUT2D eigenvalue weighted by atomic mass is 32.1. The number of nitrogens with zero attached hydrogens (tertiary/aromatic N) is 2. The van der Waals surface area contributed by atoms with Gasteiger partial charge in [0, 0.05) is 12.1 Å². The molecule has 0 radical (unpaired) electrons. The van der Waals surface area contributed by atoms with Crippen molar-refractivity contribution in [2.45, 2.75) is 13.8 Å². The molecule has 0 unspecified atom stereocenters. The van der Waals surface area contributed by atoms with E-state index in [9.17, 15) is 0 Å². The summed E-state index contributed by atoms with van der Waals surface area (Å²) in [6, 6.07) is 15.3. The highest BCUT2D eigenvalue weighted by Crippen LogP contribution is 2.23. The summed E-state index contributed by atoms with van der Waals surface area (Å²) < 4.78 is 11.2. The van der Waals surface area contributed by atoms with E-state index >= 15 is 0 Å². The molecule has 6 nitrogen and oxygen atoms in total. The predicted molar refractivity (Wildman–Crippen MR) is 120 cm³/mol. The van der Waals surface area contributed by atoms with Crippen molar-refractivity contribution in [3.8, 4) is 11.5 Å². The Morgan fingerprint density at radius 2 is 1.75 bits per heavy atom. The molecular formula is C21H28N4O2S. The number of hydrazone groups is 1.